The van der Waals surface area contributed by atoms with Gasteiger partial charge in [-0.2, -0.15) is 0 Å². The fraction of sp³-hybridized carbons (Fsp3) is 0.231. The second-order valence-electron chi connectivity index (χ2n) is 4.87. The average molecular weight is 326 g/mol. The van der Waals surface area contributed by atoms with Gasteiger partial charge in [-0.1, -0.05) is 0 Å². The van der Waals surface area contributed by atoms with E-state index in [2.05, 4.69) is 5.32 Å². The molecule has 1 aromatic carbocycles. The topological polar surface area (TPSA) is 130 Å². The number of phenols is 1. The molecule has 1 saturated heterocycles. The van der Waals surface area contributed by atoms with E-state index in [1.54, 1.807) is 0 Å². The molecule has 116 valence electrons. The summed E-state index contributed by atoms with van der Waals surface area (Å²) >= 11 is 0. The van der Waals surface area contributed by atoms with Gasteiger partial charge in [0.1, 0.15) is 11.8 Å². The van der Waals surface area contributed by atoms with Gasteiger partial charge in [-0.3, -0.25) is 29.4 Å². The maximum Gasteiger partial charge on any atom is 0.266 e. The molecule has 2 aliphatic heterocycles. The lowest BCUT2D eigenvalue weighted by Crippen LogP contribution is -2.54. The van der Waals surface area contributed by atoms with Crippen molar-refractivity contribution < 1.29 is 24.3 Å². The lowest BCUT2D eigenvalue weighted by atomic mass is 10.0. The third-order valence-corrected chi connectivity index (χ3v) is 3.60. The molecule has 0 saturated carbocycles. The van der Waals surface area contributed by atoms with Crippen LogP contribution in [0, 0.1) is 0 Å². The third kappa shape index (κ3) is 2.08. The molecule has 1 aromatic rings. The SMILES string of the molecule is Cl.Nc1ccc(O)c2c1C(=O)N(C1CCC(=O)NC1=O)C2=O. The van der Waals surface area contributed by atoms with E-state index in [-0.39, 0.29) is 47.8 Å². The minimum Gasteiger partial charge on any atom is -0.507 e. The number of carbonyl (C=O) groups is 4. The average Bonchev–Trinajstić information content (AvgIpc) is 2.68. The number of imide groups is 2. The van der Waals surface area contributed by atoms with Crippen molar-refractivity contribution in [3.63, 3.8) is 0 Å². The number of carbonyl (C=O) groups excluding carboxylic acids is 4. The van der Waals surface area contributed by atoms with Gasteiger partial charge in [0.15, 0.2) is 0 Å². The van der Waals surface area contributed by atoms with Gasteiger partial charge in [-0.05, 0) is 18.6 Å². The Morgan fingerprint density at radius 2 is 1.77 bits per heavy atom. The van der Waals surface area contributed by atoms with Crippen molar-refractivity contribution >= 4 is 41.7 Å². The van der Waals surface area contributed by atoms with Gasteiger partial charge in [-0.25, -0.2) is 0 Å². The number of fused-ring (bicyclic) bond motifs is 1. The summed E-state index contributed by atoms with van der Waals surface area (Å²) in [4.78, 5) is 48.4. The van der Waals surface area contributed by atoms with Crippen LogP contribution in [0.1, 0.15) is 33.6 Å². The Morgan fingerprint density at radius 3 is 2.36 bits per heavy atom. The van der Waals surface area contributed by atoms with Crippen molar-refractivity contribution in [1.82, 2.24) is 10.2 Å². The Balaban J connectivity index is 0.00000176. The van der Waals surface area contributed by atoms with Crippen LogP contribution in [0.25, 0.3) is 0 Å². The fourth-order valence-electron chi connectivity index (χ4n) is 2.60. The van der Waals surface area contributed by atoms with Crippen LogP contribution in [0.5, 0.6) is 5.75 Å². The summed E-state index contributed by atoms with van der Waals surface area (Å²) in [5, 5.41) is 11.8. The van der Waals surface area contributed by atoms with E-state index in [0.29, 0.717) is 0 Å². The predicted molar refractivity (Wildman–Crippen MR) is 76.4 cm³/mol. The van der Waals surface area contributed by atoms with Gasteiger partial charge >= 0.3 is 0 Å². The van der Waals surface area contributed by atoms with Crippen LogP contribution >= 0.6 is 12.4 Å². The zero-order valence-corrected chi connectivity index (χ0v) is 12.0. The molecule has 9 heteroatoms. The van der Waals surface area contributed by atoms with Gasteiger partial charge in [0.25, 0.3) is 11.8 Å². The quantitative estimate of drug-likeness (QED) is 0.372. The van der Waals surface area contributed by atoms with Crippen LogP contribution in [0.15, 0.2) is 12.1 Å². The standard InChI is InChI=1S/C13H11N3O5.ClH/c14-5-1-3-7(17)10-9(5)12(20)16(13(10)21)6-2-4-8(18)15-11(6)19;/h1,3,6,17H,2,4,14H2,(H,15,18,19);1H. The number of nitrogens with two attached hydrogens (primary N) is 1. The normalized spacial score (nSPS) is 20.5. The molecular formula is C13H12ClN3O5. The Morgan fingerprint density at radius 1 is 1.14 bits per heavy atom. The molecule has 2 aliphatic rings. The van der Waals surface area contributed by atoms with E-state index >= 15 is 0 Å². The van der Waals surface area contributed by atoms with E-state index < -0.39 is 29.7 Å². The van der Waals surface area contributed by atoms with E-state index in [1.165, 1.54) is 12.1 Å². The minimum absolute atomic E-state index is 0. The summed E-state index contributed by atoms with van der Waals surface area (Å²) in [5.74, 6) is -3.05. The number of nitrogens with one attached hydrogen (secondary N) is 1. The summed E-state index contributed by atoms with van der Waals surface area (Å²) in [6.45, 7) is 0. The lowest BCUT2D eigenvalue weighted by Gasteiger charge is -2.27. The first-order valence-electron chi connectivity index (χ1n) is 6.25. The zero-order valence-electron chi connectivity index (χ0n) is 11.2. The molecule has 0 aliphatic carbocycles. The number of nitrogens with zero attached hydrogens (tertiary/aromatic N) is 1. The second-order valence-corrected chi connectivity index (χ2v) is 4.87. The molecule has 22 heavy (non-hydrogen) atoms. The van der Waals surface area contributed by atoms with E-state index in [1.807, 2.05) is 0 Å². The molecule has 2 heterocycles. The minimum atomic E-state index is -1.08. The number of rotatable bonds is 1. The van der Waals surface area contributed by atoms with Crippen LogP contribution in [-0.4, -0.2) is 39.7 Å². The number of benzene rings is 1. The maximum absolute atomic E-state index is 12.4. The number of phenolic OH excluding ortho intramolecular Hbond substituents is 1. The van der Waals surface area contributed by atoms with Crippen LogP contribution in [0.4, 0.5) is 5.69 Å². The number of hydrogen-bond donors (Lipinski definition) is 3. The third-order valence-electron chi connectivity index (χ3n) is 3.60. The predicted octanol–water partition coefficient (Wildman–Crippen LogP) is -0.203. The van der Waals surface area contributed by atoms with Crippen LogP contribution in [0.3, 0.4) is 0 Å². The first-order chi connectivity index (χ1) is 9.91. The highest BCUT2D eigenvalue weighted by Gasteiger charge is 2.46. The Labute approximate surface area is 130 Å². The summed E-state index contributed by atoms with van der Waals surface area (Å²) in [6.07, 6.45) is 0.0854. The van der Waals surface area contributed by atoms with E-state index in [4.69, 9.17) is 5.73 Å². The fourth-order valence-corrected chi connectivity index (χ4v) is 2.60. The molecule has 0 radical (unpaired) electrons. The van der Waals surface area contributed by atoms with Crippen molar-refractivity contribution in [2.24, 2.45) is 0 Å². The van der Waals surface area contributed by atoms with Crippen LogP contribution < -0.4 is 11.1 Å². The Bertz CT molecular complexity index is 677. The monoisotopic (exact) mass is 325 g/mol. The number of amides is 4. The smallest absolute Gasteiger partial charge is 0.266 e. The van der Waals surface area contributed by atoms with Crippen LogP contribution in [0.2, 0.25) is 0 Å². The molecule has 0 spiro atoms. The molecular weight excluding hydrogens is 314 g/mol. The highest BCUT2D eigenvalue weighted by Crippen LogP contribution is 2.36. The van der Waals surface area contributed by atoms with Crippen LogP contribution in [-0.2, 0) is 9.59 Å². The highest BCUT2D eigenvalue weighted by atomic mass is 35.5. The van der Waals surface area contributed by atoms with Gasteiger partial charge < -0.3 is 10.8 Å². The molecule has 1 unspecified atom stereocenters. The maximum atomic E-state index is 12.4. The summed E-state index contributed by atoms with van der Waals surface area (Å²) in [7, 11) is 0. The zero-order chi connectivity index (χ0) is 15.3. The Kier molecular flexibility index (Phi) is 3.80. The molecule has 8 nitrogen and oxygen atoms in total. The largest absolute Gasteiger partial charge is 0.507 e. The van der Waals surface area contributed by atoms with Crippen molar-refractivity contribution in [3.8, 4) is 5.75 Å². The number of aromatic hydroxyl groups is 1. The summed E-state index contributed by atoms with van der Waals surface area (Å²) in [5.41, 5.74) is 5.42. The van der Waals surface area contributed by atoms with Crippen molar-refractivity contribution in [3.05, 3.63) is 23.3 Å². The van der Waals surface area contributed by atoms with Gasteiger partial charge in [-0.15, -0.1) is 12.4 Å². The van der Waals surface area contributed by atoms with Gasteiger partial charge in [0.2, 0.25) is 11.8 Å². The number of hydrogen-bond acceptors (Lipinski definition) is 6. The van der Waals surface area contributed by atoms with E-state index in [0.717, 1.165) is 4.90 Å². The molecule has 0 bridgehead atoms. The second kappa shape index (κ2) is 5.30. The van der Waals surface area contributed by atoms with Gasteiger partial charge in [0, 0.05) is 12.1 Å². The molecule has 3 rings (SSSR count). The summed E-state index contributed by atoms with van der Waals surface area (Å²) < 4.78 is 0. The molecule has 4 N–H and O–H groups in total. The first-order valence-corrected chi connectivity index (χ1v) is 6.25. The Hall–Kier alpha value is -2.61. The van der Waals surface area contributed by atoms with Gasteiger partial charge in [0.05, 0.1) is 11.1 Å². The van der Waals surface area contributed by atoms with Crippen molar-refractivity contribution in [1.29, 1.82) is 0 Å². The molecule has 0 aromatic heterocycles. The van der Waals surface area contributed by atoms with Crippen molar-refractivity contribution in [2.45, 2.75) is 18.9 Å². The first kappa shape index (κ1) is 15.8. The van der Waals surface area contributed by atoms with E-state index in [9.17, 15) is 24.3 Å². The number of nitrogen functional groups attached to an aromatic ring is 1. The highest BCUT2D eigenvalue weighted by molar-refractivity contribution is 6.26. The number of anilines is 1. The molecule has 4 amide bonds. The lowest BCUT2D eigenvalue weighted by molar-refractivity contribution is -0.136. The van der Waals surface area contributed by atoms with Crippen molar-refractivity contribution in [2.75, 3.05) is 5.73 Å². The number of halogens is 1. The number of piperidine rings is 1. The summed E-state index contributed by atoms with van der Waals surface area (Å²) in [6, 6.07) is 1.45. The molecule has 1 atom stereocenters. The molecule has 1 fully saturated rings.